The molecule has 1 aliphatic rings. The molecule has 168 valence electrons. The lowest BCUT2D eigenvalue weighted by Gasteiger charge is -2.41. The van der Waals surface area contributed by atoms with Gasteiger partial charge in [0, 0.05) is 5.92 Å². The molecule has 0 saturated carbocycles. The molecule has 0 bridgehead atoms. The number of nitrogens with one attached hydrogen (secondary N) is 2. The minimum Gasteiger partial charge on any atom is -0.405 e. The topological polar surface area (TPSA) is 111 Å². The normalized spacial score (nSPS) is 17.5. The first-order valence-electron chi connectivity index (χ1n) is 9.50. The molecule has 1 atom stereocenters. The second-order valence-electron chi connectivity index (χ2n) is 7.17. The number of amides is 1. The summed E-state index contributed by atoms with van der Waals surface area (Å²) in [6, 6.07) is 12.6. The van der Waals surface area contributed by atoms with Crippen LogP contribution in [0.1, 0.15) is 28.8 Å². The van der Waals surface area contributed by atoms with E-state index in [1.807, 2.05) is 0 Å². The number of carbonyl (C=O) groups excluding carboxylic acids is 1. The van der Waals surface area contributed by atoms with Gasteiger partial charge in [-0.25, -0.2) is 13.6 Å². The summed E-state index contributed by atoms with van der Waals surface area (Å²) in [4.78, 5) is 11.1. The molecule has 1 heterocycles. The monoisotopic (exact) mass is 457 g/mol. The molecule has 31 heavy (non-hydrogen) atoms. The summed E-state index contributed by atoms with van der Waals surface area (Å²) in [5.74, 6) is -2.39. The van der Waals surface area contributed by atoms with Crippen LogP contribution in [-0.2, 0) is 14.9 Å². The van der Waals surface area contributed by atoms with Gasteiger partial charge in [0.2, 0.25) is 10.0 Å². The molecule has 1 saturated heterocycles. The summed E-state index contributed by atoms with van der Waals surface area (Å²) in [6.45, 7) is 0.997. The van der Waals surface area contributed by atoms with Gasteiger partial charge in [-0.15, -0.1) is 13.2 Å². The number of carbonyl (C=O) groups is 1. The number of hydrogen-bond donors (Lipinski definition) is 3. The van der Waals surface area contributed by atoms with Crippen LogP contribution in [0.2, 0.25) is 0 Å². The number of piperidine rings is 1. The first-order chi connectivity index (χ1) is 14.5. The summed E-state index contributed by atoms with van der Waals surface area (Å²) < 4.78 is 68.3. The van der Waals surface area contributed by atoms with E-state index in [0.29, 0.717) is 25.9 Å². The van der Waals surface area contributed by atoms with E-state index in [-0.39, 0.29) is 5.56 Å². The Morgan fingerprint density at radius 1 is 1.03 bits per heavy atom. The van der Waals surface area contributed by atoms with E-state index in [9.17, 15) is 26.4 Å². The third kappa shape index (κ3) is 5.00. The van der Waals surface area contributed by atoms with Gasteiger partial charge in [-0.3, -0.25) is 4.79 Å². The summed E-state index contributed by atoms with van der Waals surface area (Å²) in [5.41, 5.74) is -0.232. The minimum atomic E-state index is -5.03. The minimum absolute atomic E-state index is 0.229. The van der Waals surface area contributed by atoms with Crippen molar-refractivity contribution in [3.8, 4) is 5.75 Å². The van der Waals surface area contributed by atoms with Crippen LogP contribution in [0.4, 0.5) is 13.2 Å². The van der Waals surface area contributed by atoms with Gasteiger partial charge in [-0.05, 0) is 43.6 Å². The van der Waals surface area contributed by atoms with Gasteiger partial charge in [-0.2, -0.15) is 0 Å². The highest BCUT2D eigenvalue weighted by Crippen LogP contribution is 2.39. The lowest BCUT2D eigenvalue weighted by Crippen LogP contribution is -2.60. The molecule has 0 radical (unpaired) electrons. The molecule has 0 spiro atoms. The molecule has 1 aliphatic heterocycles. The summed E-state index contributed by atoms with van der Waals surface area (Å²) in [6.07, 6.45) is -4.26. The van der Waals surface area contributed by atoms with Crippen LogP contribution in [0.25, 0.3) is 0 Å². The Labute approximate surface area is 177 Å². The third-order valence-corrected chi connectivity index (χ3v) is 6.79. The largest absolute Gasteiger partial charge is 0.573 e. The highest BCUT2D eigenvalue weighted by Gasteiger charge is 2.51. The molecule has 0 aliphatic carbocycles. The number of rotatable bonds is 6. The fourth-order valence-electron chi connectivity index (χ4n) is 3.90. The van der Waals surface area contributed by atoms with Crippen molar-refractivity contribution in [3.05, 3.63) is 65.7 Å². The third-order valence-electron chi connectivity index (χ3n) is 5.22. The highest BCUT2D eigenvalue weighted by atomic mass is 32.2. The second-order valence-corrected chi connectivity index (χ2v) is 8.90. The van der Waals surface area contributed by atoms with Crippen molar-refractivity contribution in [2.75, 3.05) is 13.1 Å². The lowest BCUT2D eigenvalue weighted by atomic mass is 9.85. The number of alkyl halides is 3. The van der Waals surface area contributed by atoms with Crippen molar-refractivity contribution in [2.45, 2.75) is 24.1 Å². The van der Waals surface area contributed by atoms with Gasteiger partial charge >= 0.3 is 6.36 Å². The number of benzene rings is 2. The first-order valence-corrected chi connectivity index (χ1v) is 11.0. The number of ether oxygens (including phenoxy) is 1. The van der Waals surface area contributed by atoms with E-state index >= 15 is 0 Å². The Hall–Kier alpha value is -2.63. The van der Waals surface area contributed by atoms with Crippen LogP contribution in [-0.4, -0.2) is 33.8 Å². The Bertz CT molecular complexity index is 1030. The predicted octanol–water partition coefficient (Wildman–Crippen LogP) is 2.46. The molecular formula is C20H22F3N3O4S. The van der Waals surface area contributed by atoms with Crippen molar-refractivity contribution in [1.82, 2.24) is 10.6 Å². The molecule has 11 heteroatoms. The van der Waals surface area contributed by atoms with E-state index in [1.54, 1.807) is 18.2 Å². The maximum absolute atomic E-state index is 13.1. The van der Waals surface area contributed by atoms with E-state index < -0.39 is 44.4 Å². The van der Waals surface area contributed by atoms with Crippen LogP contribution < -0.4 is 20.5 Å². The number of nitrogens with two attached hydrogens (primary N) is 1. The Morgan fingerprint density at radius 3 is 2.19 bits per heavy atom. The number of primary sulfonamides is 1. The van der Waals surface area contributed by atoms with Crippen LogP contribution in [0, 0.1) is 5.92 Å². The number of hydrogen-bond acceptors (Lipinski definition) is 5. The average molecular weight is 457 g/mol. The standard InChI is InChI=1S/C20H22F3N3O4S/c21-20(22,23)30-17-9-5-4-8-16(17)18(27)26-19(31(24,28)29,14-6-2-1-3-7-14)15-10-12-25-13-11-15/h1-9,15,25H,10-13H2,(H,26,27)(H2,24,28,29). The maximum atomic E-state index is 13.1. The van der Waals surface area contributed by atoms with Crippen LogP contribution >= 0.6 is 0 Å². The summed E-state index contributed by atoms with van der Waals surface area (Å²) >= 11 is 0. The smallest absolute Gasteiger partial charge is 0.405 e. The molecule has 1 unspecified atom stereocenters. The molecule has 7 nitrogen and oxygen atoms in total. The van der Waals surface area contributed by atoms with Crippen molar-refractivity contribution in [1.29, 1.82) is 0 Å². The number of halogens is 3. The molecular weight excluding hydrogens is 435 g/mol. The number of sulfonamides is 1. The van der Waals surface area contributed by atoms with E-state index in [0.717, 1.165) is 12.1 Å². The van der Waals surface area contributed by atoms with Gasteiger partial charge in [0.15, 0.2) is 4.87 Å². The Kier molecular flexibility index (Phi) is 6.58. The van der Waals surface area contributed by atoms with Gasteiger partial charge in [0.05, 0.1) is 5.56 Å². The summed E-state index contributed by atoms with van der Waals surface area (Å²) in [5, 5.41) is 11.3. The zero-order chi connectivity index (χ0) is 22.7. The predicted molar refractivity (Wildman–Crippen MR) is 107 cm³/mol. The average Bonchev–Trinajstić information content (AvgIpc) is 2.71. The quantitative estimate of drug-likeness (QED) is 0.617. The fourth-order valence-corrected chi connectivity index (χ4v) is 5.30. The molecule has 3 rings (SSSR count). The van der Waals surface area contributed by atoms with E-state index in [1.165, 1.54) is 24.3 Å². The number of para-hydroxylation sites is 1. The van der Waals surface area contributed by atoms with Crippen LogP contribution in [0.5, 0.6) is 5.75 Å². The maximum Gasteiger partial charge on any atom is 0.573 e. The zero-order valence-corrected chi connectivity index (χ0v) is 17.2. The summed E-state index contributed by atoms with van der Waals surface area (Å²) in [7, 11) is -4.45. The molecule has 4 N–H and O–H groups in total. The highest BCUT2D eigenvalue weighted by molar-refractivity contribution is 7.90. The van der Waals surface area contributed by atoms with Gasteiger partial charge < -0.3 is 15.4 Å². The second kappa shape index (κ2) is 8.85. The Morgan fingerprint density at radius 2 is 1.61 bits per heavy atom. The van der Waals surface area contributed by atoms with Gasteiger partial charge in [0.25, 0.3) is 5.91 Å². The Balaban J connectivity index is 2.11. The van der Waals surface area contributed by atoms with E-state index in [2.05, 4.69) is 15.4 Å². The first kappa shape index (κ1) is 23.0. The fraction of sp³-hybridized carbons (Fsp3) is 0.350. The molecule has 2 aromatic carbocycles. The SMILES string of the molecule is NS(=O)(=O)C(NC(=O)c1ccccc1OC(F)(F)F)(c1ccccc1)C1CCNCC1. The van der Waals surface area contributed by atoms with Crippen LogP contribution in [0.3, 0.4) is 0 Å². The lowest BCUT2D eigenvalue weighted by molar-refractivity contribution is -0.274. The molecule has 1 fully saturated rings. The molecule has 1 amide bonds. The van der Waals surface area contributed by atoms with Gasteiger partial charge in [-0.1, -0.05) is 42.5 Å². The zero-order valence-electron chi connectivity index (χ0n) is 16.4. The van der Waals surface area contributed by atoms with Gasteiger partial charge in [0.1, 0.15) is 5.75 Å². The van der Waals surface area contributed by atoms with E-state index in [4.69, 9.17) is 5.14 Å². The molecule has 2 aromatic rings. The van der Waals surface area contributed by atoms with Crippen molar-refractivity contribution in [2.24, 2.45) is 11.1 Å². The van der Waals surface area contributed by atoms with Crippen molar-refractivity contribution < 1.29 is 31.1 Å². The molecule has 0 aromatic heterocycles. The van der Waals surface area contributed by atoms with Crippen molar-refractivity contribution in [3.63, 3.8) is 0 Å². The van der Waals surface area contributed by atoms with Crippen molar-refractivity contribution >= 4 is 15.9 Å². The van der Waals surface area contributed by atoms with Crippen LogP contribution in [0.15, 0.2) is 54.6 Å².